The van der Waals surface area contributed by atoms with Gasteiger partial charge in [-0.1, -0.05) is 6.92 Å². The van der Waals surface area contributed by atoms with Crippen molar-refractivity contribution in [1.82, 2.24) is 10.2 Å². The van der Waals surface area contributed by atoms with Crippen molar-refractivity contribution in [3.05, 3.63) is 17.5 Å². The van der Waals surface area contributed by atoms with Crippen LogP contribution in [0.3, 0.4) is 0 Å². The van der Waals surface area contributed by atoms with Gasteiger partial charge in [-0.2, -0.15) is 5.10 Å². The van der Waals surface area contributed by atoms with E-state index in [0.717, 1.165) is 0 Å². The molecular weight excluding hydrogens is 525 g/mol. The van der Waals surface area contributed by atoms with Crippen molar-refractivity contribution >= 4 is 67.1 Å². The normalized spacial score (nSPS) is 8.07. The second kappa shape index (κ2) is 19.5. The number of H-pyrrole nitrogens is 1. The number of carboxylic acid groups (broad SMARTS) is 1. The van der Waals surface area contributed by atoms with Gasteiger partial charge in [0.1, 0.15) is 11.4 Å². The summed E-state index contributed by atoms with van der Waals surface area (Å²) >= 11 is -2.22. The Balaban J connectivity index is -0.000000312. The SMILES string of the molecule is C#CC(C)=O.CC(=O)c1cc(C(=O)O)[nH]n1.CCOC(=O)CC.[Cl][In]([Cl])[Cl]. The van der Waals surface area contributed by atoms with Crippen LogP contribution in [0, 0.1) is 12.3 Å². The zero-order valence-corrected chi connectivity index (χ0v) is 20.8. The molecule has 1 aromatic rings. The molecule has 0 aromatic carbocycles. The van der Waals surface area contributed by atoms with Gasteiger partial charge in [0.2, 0.25) is 5.78 Å². The van der Waals surface area contributed by atoms with Crippen LogP contribution in [-0.4, -0.2) is 63.3 Å². The third-order valence-electron chi connectivity index (χ3n) is 1.97. The Morgan fingerprint density at radius 1 is 1.26 bits per heavy atom. The topological polar surface area (TPSA) is 126 Å². The zero-order valence-electron chi connectivity index (χ0n) is 15.2. The molecule has 0 saturated carbocycles. The number of ether oxygens (including phenoxy) is 1. The van der Waals surface area contributed by atoms with E-state index in [-0.39, 0.29) is 28.9 Å². The van der Waals surface area contributed by atoms with Crippen molar-refractivity contribution in [1.29, 1.82) is 0 Å². The van der Waals surface area contributed by atoms with Gasteiger partial charge in [-0.05, 0) is 12.8 Å². The fourth-order valence-corrected chi connectivity index (χ4v) is 0.875. The van der Waals surface area contributed by atoms with Crippen LogP contribution in [0.15, 0.2) is 6.07 Å². The summed E-state index contributed by atoms with van der Waals surface area (Å²) in [5.41, 5.74) is 0.0672. The molecule has 27 heavy (non-hydrogen) atoms. The third-order valence-corrected chi connectivity index (χ3v) is 1.97. The number of nitrogens with one attached hydrogen (secondary N) is 1. The van der Waals surface area contributed by atoms with Crippen LogP contribution in [0.5, 0.6) is 0 Å². The van der Waals surface area contributed by atoms with Crippen LogP contribution in [0.4, 0.5) is 0 Å². The van der Waals surface area contributed by atoms with Crippen molar-refractivity contribution in [3.63, 3.8) is 0 Å². The number of aromatic amines is 1. The van der Waals surface area contributed by atoms with E-state index in [2.05, 4.69) is 21.4 Å². The summed E-state index contributed by atoms with van der Waals surface area (Å²) in [5.74, 6) is 0.172. The summed E-state index contributed by atoms with van der Waals surface area (Å²) in [4.78, 5) is 40.6. The van der Waals surface area contributed by atoms with Gasteiger partial charge in [0.15, 0.2) is 5.78 Å². The number of hydrogen-bond donors (Lipinski definition) is 2. The predicted octanol–water partition coefficient (Wildman–Crippen LogP) is 3.17. The quantitative estimate of drug-likeness (QED) is 0.258. The van der Waals surface area contributed by atoms with E-state index in [4.69, 9.17) is 30.8 Å². The summed E-state index contributed by atoms with van der Waals surface area (Å²) < 4.78 is 4.55. The Bertz CT molecular complexity index is 612. The van der Waals surface area contributed by atoms with Crippen molar-refractivity contribution in [3.8, 4) is 12.3 Å². The fraction of sp³-hybridized carbons (Fsp3) is 0.400. The summed E-state index contributed by atoms with van der Waals surface area (Å²) in [7, 11) is 15.0. The number of carbonyl (C=O) groups excluding carboxylic acids is 3. The number of terminal acetylenes is 1. The fourth-order valence-electron chi connectivity index (χ4n) is 0.875. The molecule has 0 fully saturated rings. The van der Waals surface area contributed by atoms with Crippen molar-refractivity contribution in [2.24, 2.45) is 0 Å². The Labute approximate surface area is 176 Å². The Morgan fingerprint density at radius 3 is 1.85 bits per heavy atom. The average molecular weight is 546 g/mol. The van der Waals surface area contributed by atoms with Crippen LogP contribution in [0.1, 0.15) is 55.1 Å². The number of halogens is 3. The minimum atomic E-state index is -2.22. The first-order chi connectivity index (χ1) is 12.4. The van der Waals surface area contributed by atoms with E-state index in [9.17, 15) is 19.2 Å². The van der Waals surface area contributed by atoms with E-state index >= 15 is 0 Å². The molecule has 12 heteroatoms. The number of aromatic nitrogens is 2. The van der Waals surface area contributed by atoms with E-state index < -0.39 is 23.9 Å². The zero-order chi connectivity index (χ0) is 22.0. The number of carbonyl (C=O) groups is 4. The van der Waals surface area contributed by atoms with E-state index in [1.807, 2.05) is 5.92 Å². The van der Waals surface area contributed by atoms with Crippen LogP contribution in [0.25, 0.3) is 0 Å². The minimum absolute atomic E-state index is 0.0739. The van der Waals surface area contributed by atoms with Crippen molar-refractivity contribution < 1.29 is 29.0 Å². The van der Waals surface area contributed by atoms with Crippen LogP contribution in [0.2, 0.25) is 0 Å². The number of nitrogens with zero attached hydrogens (tertiary/aromatic N) is 1. The Morgan fingerprint density at radius 2 is 1.70 bits per heavy atom. The van der Waals surface area contributed by atoms with Gasteiger partial charge < -0.3 is 9.84 Å². The molecule has 0 aliphatic carbocycles. The number of ketones is 2. The number of aromatic carboxylic acids is 1. The third kappa shape index (κ3) is 24.8. The Hall–Kier alpha value is -1.21. The molecule has 8 nitrogen and oxygen atoms in total. The number of rotatable bonds is 4. The van der Waals surface area contributed by atoms with Crippen molar-refractivity contribution in [2.75, 3.05) is 6.61 Å². The molecule has 0 radical (unpaired) electrons. The molecule has 2 N–H and O–H groups in total. The van der Waals surface area contributed by atoms with Gasteiger partial charge in [-0.25, -0.2) is 4.79 Å². The number of carboxylic acids is 1. The summed E-state index contributed by atoms with van der Waals surface area (Å²) in [6.45, 7) is 6.74. The summed E-state index contributed by atoms with van der Waals surface area (Å²) in [6, 6.07) is 1.20. The molecule has 1 heterocycles. The van der Waals surface area contributed by atoms with Crippen LogP contribution < -0.4 is 0 Å². The van der Waals surface area contributed by atoms with Gasteiger partial charge in [0, 0.05) is 26.3 Å². The molecule has 0 unspecified atom stereocenters. The van der Waals surface area contributed by atoms with Crippen LogP contribution in [-0.2, 0) is 14.3 Å². The molecule has 150 valence electrons. The second-order valence-corrected chi connectivity index (χ2v) is 18.8. The molecule has 0 spiro atoms. The molecule has 0 aliphatic heterocycles. The van der Waals surface area contributed by atoms with Gasteiger partial charge in [0.25, 0.3) is 0 Å². The van der Waals surface area contributed by atoms with E-state index in [0.29, 0.717) is 13.0 Å². The van der Waals surface area contributed by atoms with E-state index in [1.165, 1.54) is 19.9 Å². The molecule has 0 atom stereocenters. The monoisotopic (exact) mass is 544 g/mol. The molecule has 0 bridgehead atoms. The standard InChI is InChI=1S/C6H6N2O3.C5H10O2.C4H4O.3ClH.In/c1-3(9)4-2-5(6(10)11)8-7-4;1-3-5(6)7-4-2;1-3-4(2)5;;;;/h2H,1H3,(H,7,8)(H,10,11);3-4H2,1-2H3;1H,2H3;3*1H;/q;;;;;;+3/p-3. The predicted molar refractivity (Wildman–Crippen MR) is 105 cm³/mol. The number of esters is 1. The van der Waals surface area contributed by atoms with Gasteiger partial charge in [-0.3, -0.25) is 19.5 Å². The summed E-state index contributed by atoms with van der Waals surface area (Å²) in [5, 5.41) is 14.1. The Kier molecular flexibility index (Phi) is 22.1. The first kappa shape index (κ1) is 30.5. The van der Waals surface area contributed by atoms with E-state index in [1.54, 1.807) is 13.8 Å². The number of Topliss-reactive ketones (excluding diaryl/α,β-unsaturated/α-hetero) is 2. The maximum absolute atomic E-state index is 10.6. The van der Waals surface area contributed by atoms with Crippen molar-refractivity contribution in [2.45, 2.75) is 34.1 Å². The molecule has 1 rings (SSSR count). The molecule has 0 amide bonds. The first-order valence-electron chi connectivity index (χ1n) is 7.27. The first-order valence-corrected chi connectivity index (χ1v) is 19.8. The number of hydrogen-bond acceptors (Lipinski definition) is 6. The second-order valence-electron chi connectivity index (χ2n) is 4.13. The molecule has 0 saturated heterocycles. The summed E-state index contributed by atoms with van der Waals surface area (Å²) in [6.07, 6.45) is 5.05. The van der Waals surface area contributed by atoms with Gasteiger partial charge in [0.05, 0.1) is 6.61 Å². The molecule has 1 aromatic heterocycles. The van der Waals surface area contributed by atoms with Crippen LogP contribution >= 0.6 is 25.7 Å². The van der Waals surface area contributed by atoms with Gasteiger partial charge in [-0.15, -0.1) is 6.42 Å². The molecule has 0 aliphatic rings. The average Bonchev–Trinajstić information content (AvgIpc) is 3.06. The maximum atomic E-state index is 10.6. The van der Waals surface area contributed by atoms with Gasteiger partial charge >= 0.3 is 55.6 Å². The molecular formula is C15H20Cl3InN2O6.